The molecule has 0 aliphatic heterocycles. The highest BCUT2D eigenvalue weighted by molar-refractivity contribution is 7.12. The Morgan fingerprint density at radius 2 is 1.83 bits per heavy atom. The molecule has 2 amide bonds. The number of aryl methyl sites for hydroxylation is 1. The van der Waals surface area contributed by atoms with Crippen LogP contribution in [0, 0.1) is 6.92 Å². The second-order valence-corrected chi connectivity index (χ2v) is 7.76. The first-order chi connectivity index (χ1) is 14.0. The van der Waals surface area contributed by atoms with E-state index in [2.05, 4.69) is 5.32 Å². The van der Waals surface area contributed by atoms with E-state index in [0.29, 0.717) is 29.3 Å². The first kappa shape index (κ1) is 20.8. The second-order valence-electron chi connectivity index (χ2n) is 6.82. The molecule has 0 saturated carbocycles. The number of methoxy groups -OCH3 is 1. The summed E-state index contributed by atoms with van der Waals surface area (Å²) in [7, 11) is 3.35. The summed E-state index contributed by atoms with van der Waals surface area (Å²) >= 11 is 1.38. The molecule has 0 radical (unpaired) electrons. The van der Waals surface area contributed by atoms with Gasteiger partial charge in [-0.05, 0) is 47.7 Å². The molecule has 0 atom stereocenters. The van der Waals surface area contributed by atoms with E-state index < -0.39 is 0 Å². The molecular formula is C23H24N2O3S. The largest absolute Gasteiger partial charge is 0.383 e. The smallest absolute Gasteiger partial charge is 0.265 e. The van der Waals surface area contributed by atoms with Gasteiger partial charge in [0.15, 0.2) is 0 Å². The molecule has 1 aromatic heterocycles. The normalized spacial score (nSPS) is 10.6. The van der Waals surface area contributed by atoms with E-state index >= 15 is 0 Å². The van der Waals surface area contributed by atoms with Crippen LogP contribution in [0.2, 0.25) is 0 Å². The highest BCUT2D eigenvalue weighted by Crippen LogP contribution is 2.27. The summed E-state index contributed by atoms with van der Waals surface area (Å²) in [5.41, 5.74) is 4.12. The van der Waals surface area contributed by atoms with Gasteiger partial charge in [-0.1, -0.05) is 35.9 Å². The number of anilines is 1. The fourth-order valence-corrected chi connectivity index (χ4v) is 3.51. The summed E-state index contributed by atoms with van der Waals surface area (Å²) in [5.74, 6) is -0.310. The minimum atomic E-state index is -0.188. The average molecular weight is 409 g/mol. The molecule has 0 saturated heterocycles. The predicted molar refractivity (Wildman–Crippen MR) is 118 cm³/mol. The van der Waals surface area contributed by atoms with E-state index in [4.69, 9.17) is 4.74 Å². The van der Waals surface area contributed by atoms with Crippen LogP contribution in [0.15, 0.2) is 60.0 Å². The third-order valence-corrected chi connectivity index (χ3v) is 5.41. The first-order valence-corrected chi connectivity index (χ1v) is 10.2. The lowest BCUT2D eigenvalue weighted by atomic mass is 10.0. The second kappa shape index (κ2) is 9.49. The molecule has 0 spiro atoms. The highest BCUT2D eigenvalue weighted by Gasteiger charge is 2.16. The Balaban J connectivity index is 1.96. The average Bonchev–Trinajstić information content (AvgIpc) is 3.27. The van der Waals surface area contributed by atoms with E-state index in [1.54, 1.807) is 31.2 Å². The number of rotatable bonds is 7. The van der Waals surface area contributed by atoms with Gasteiger partial charge in [-0.25, -0.2) is 0 Å². The molecule has 2 aromatic carbocycles. The molecular weight excluding hydrogens is 384 g/mol. The zero-order valence-corrected chi connectivity index (χ0v) is 17.6. The standard InChI is InChI=1S/C23H24N2O3S/c1-16-6-8-17(9-7-16)18-13-19(23(27)25(2)10-11-28-3)15-20(14-18)24-22(26)21-5-4-12-29-21/h4-9,12-15H,10-11H2,1-3H3,(H,24,26). The summed E-state index contributed by atoms with van der Waals surface area (Å²) in [6.45, 7) is 2.98. The first-order valence-electron chi connectivity index (χ1n) is 9.29. The molecule has 0 aliphatic carbocycles. The molecule has 0 aliphatic rings. The van der Waals surface area contributed by atoms with Crippen molar-refractivity contribution in [3.8, 4) is 11.1 Å². The quantitative estimate of drug-likeness (QED) is 0.617. The summed E-state index contributed by atoms with van der Waals surface area (Å²) in [6, 6.07) is 17.2. The molecule has 6 heteroatoms. The number of nitrogens with zero attached hydrogens (tertiary/aromatic N) is 1. The van der Waals surface area contributed by atoms with Crippen molar-refractivity contribution in [3.63, 3.8) is 0 Å². The van der Waals surface area contributed by atoms with Gasteiger partial charge in [-0.15, -0.1) is 11.3 Å². The van der Waals surface area contributed by atoms with Crippen LogP contribution >= 0.6 is 11.3 Å². The maximum atomic E-state index is 12.9. The highest BCUT2D eigenvalue weighted by atomic mass is 32.1. The van der Waals surface area contributed by atoms with Crippen molar-refractivity contribution < 1.29 is 14.3 Å². The fraction of sp³-hybridized carbons (Fsp3) is 0.217. The van der Waals surface area contributed by atoms with Crippen LogP contribution in [-0.2, 0) is 4.74 Å². The monoisotopic (exact) mass is 408 g/mol. The molecule has 0 bridgehead atoms. The van der Waals surface area contributed by atoms with Gasteiger partial charge in [-0.2, -0.15) is 0 Å². The number of hydrogen-bond acceptors (Lipinski definition) is 4. The van der Waals surface area contributed by atoms with E-state index in [0.717, 1.165) is 16.7 Å². The van der Waals surface area contributed by atoms with Crippen molar-refractivity contribution >= 4 is 28.8 Å². The molecule has 3 rings (SSSR count). The van der Waals surface area contributed by atoms with Crippen LogP contribution < -0.4 is 5.32 Å². The summed E-state index contributed by atoms with van der Waals surface area (Å²) in [4.78, 5) is 27.7. The van der Waals surface area contributed by atoms with Crippen molar-refractivity contribution in [2.75, 3.05) is 32.6 Å². The number of ether oxygens (including phenoxy) is 1. The third kappa shape index (κ3) is 5.31. The van der Waals surface area contributed by atoms with Gasteiger partial charge >= 0.3 is 0 Å². The Kier molecular flexibility index (Phi) is 6.80. The Labute approximate surface area is 174 Å². The van der Waals surface area contributed by atoms with Crippen LogP contribution in [0.4, 0.5) is 5.69 Å². The molecule has 29 heavy (non-hydrogen) atoms. The van der Waals surface area contributed by atoms with E-state index in [1.807, 2.05) is 54.8 Å². The molecule has 5 nitrogen and oxygen atoms in total. The number of carbonyl (C=O) groups excluding carboxylic acids is 2. The van der Waals surface area contributed by atoms with Gasteiger partial charge in [0.05, 0.1) is 11.5 Å². The predicted octanol–water partition coefficient (Wildman–Crippen LogP) is 4.69. The van der Waals surface area contributed by atoms with Crippen molar-refractivity contribution in [1.29, 1.82) is 0 Å². The number of nitrogens with one attached hydrogen (secondary N) is 1. The van der Waals surface area contributed by atoms with Gasteiger partial charge in [0.25, 0.3) is 11.8 Å². The van der Waals surface area contributed by atoms with Crippen molar-refractivity contribution in [3.05, 3.63) is 76.0 Å². The lowest BCUT2D eigenvalue weighted by molar-refractivity contribution is 0.0744. The zero-order valence-electron chi connectivity index (χ0n) is 16.8. The number of likely N-dealkylation sites (N-methyl/N-ethyl adjacent to an activating group) is 1. The lowest BCUT2D eigenvalue weighted by Crippen LogP contribution is -2.30. The van der Waals surface area contributed by atoms with Crippen molar-refractivity contribution in [1.82, 2.24) is 4.90 Å². The summed E-state index contributed by atoms with van der Waals surface area (Å²) in [5, 5.41) is 4.78. The van der Waals surface area contributed by atoms with Crippen molar-refractivity contribution in [2.45, 2.75) is 6.92 Å². The minimum Gasteiger partial charge on any atom is -0.383 e. The van der Waals surface area contributed by atoms with E-state index in [9.17, 15) is 9.59 Å². The van der Waals surface area contributed by atoms with Crippen molar-refractivity contribution in [2.24, 2.45) is 0 Å². The van der Waals surface area contributed by atoms with Crippen LogP contribution in [0.3, 0.4) is 0 Å². The maximum absolute atomic E-state index is 12.9. The Morgan fingerprint density at radius 1 is 1.07 bits per heavy atom. The van der Waals surface area contributed by atoms with Gasteiger partial charge < -0.3 is 15.0 Å². The van der Waals surface area contributed by atoms with Crippen LogP contribution in [0.25, 0.3) is 11.1 Å². The maximum Gasteiger partial charge on any atom is 0.265 e. The molecule has 0 unspecified atom stereocenters. The number of benzene rings is 2. The number of carbonyl (C=O) groups is 2. The molecule has 1 N–H and O–H groups in total. The molecule has 0 fully saturated rings. The van der Waals surface area contributed by atoms with Crippen LogP contribution in [-0.4, -0.2) is 44.0 Å². The third-order valence-electron chi connectivity index (χ3n) is 4.55. The summed E-state index contributed by atoms with van der Waals surface area (Å²) < 4.78 is 5.07. The Hall–Kier alpha value is -2.96. The van der Waals surface area contributed by atoms with Crippen LogP contribution in [0.1, 0.15) is 25.6 Å². The summed E-state index contributed by atoms with van der Waals surface area (Å²) in [6.07, 6.45) is 0. The van der Waals surface area contributed by atoms with E-state index in [1.165, 1.54) is 11.3 Å². The van der Waals surface area contributed by atoms with Crippen LogP contribution in [0.5, 0.6) is 0 Å². The topological polar surface area (TPSA) is 58.6 Å². The van der Waals surface area contributed by atoms with E-state index in [-0.39, 0.29) is 11.8 Å². The SMILES string of the molecule is COCCN(C)C(=O)c1cc(NC(=O)c2cccs2)cc(-c2ccc(C)cc2)c1. The molecule has 1 heterocycles. The van der Waals surface area contributed by atoms with Gasteiger partial charge in [0.1, 0.15) is 0 Å². The molecule has 3 aromatic rings. The lowest BCUT2D eigenvalue weighted by Gasteiger charge is -2.18. The Morgan fingerprint density at radius 3 is 2.48 bits per heavy atom. The molecule has 150 valence electrons. The number of hydrogen-bond donors (Lipinski definition) is 1. The fourth-order valence-electron chi connectivity index (χ4n) is 2.89. The van der Waals surface area contributed by atoms with Gasteiger partial charge in [0, 0.05) is 32.0 Å². The number of thiophene rings is 1. The van der Waals surface area contributed by atoms with Gasteiger partial charge in [0.2, 0.25) is 0 Å². The Bertz CT molecular complexity index is 982. The minimum absolute atomic E-state index is 0.123. The zero-order chi connectivity index (χ0) is 20.8. The number of amides is 2. The van der Waals surface area contributed by atoms with Gasteiger partial charge in [-0.3, -0.25) is 9.59 Å².